The molecule has 0 heterocycles. The van der Waals surface area contributed by atoms with Gasteiger partial charge in [0, 0.05) is 16.6 Å². The lowest BCUT2D eigenvalue weighted by molar-refractivity contribution is 0.0693. The molecule has 4 nitrogen and oxygen atoms in total. The summed E-state index contributed by atoms with van der Waals surface area (Å²) >= 11 is 5.77. The zero-order valence-corrected chi connectivity index (χ0v) is 8.25. The molecule has 1 aromatic rings. The minimum absolute atomic E-state index is 0.193. The van der Waals surface area contributed by atoms with Crippen molar-refractivity contribution < 1.29 is 15.0 Å². The zero-order chi connectivity index (χ0) is 10.9. The smallest absolute Gasteiger partial charge is 0.339 e. The quantitative estimate of drug-likeness (QED) is 0.702. The highest BCUT2D eigenvalue weighted by molar-refractivity contribution is 6.31. The summed E-state index contributed by atoms with van der Waals surface area (Å²) in [7, 11) is 0. The average molecular weight is 216 g/mol. The predicted octanol–water partition coefficient (Wildman–Crippen LogP) is 1.76. The topological polar surface area (TPSA) is 83.6 Å². The third-order valence-corrected chi connectivity index (χ3v) is 2.18. The normalized spacial score (nSPS) is 12.5. The molecular weight excluding hydrogens is 206 g/mol. The van der Waals surface area contributed by atoms with Crippen LogP contribution >= 0.6 is 11.6 Å². The fourth-order valence-corrected chi connectivity index (χ4v) is 1.51. The number of phenols is 1. The first kappa shape index (κ1) is 10.8. The maximum Gasteiger partial charge on any atom is 0.339 e. The van der Waals surface area contributed by atoms with Gasteiger partial charge in [-0.1, -0.05) is 11.6 Å². The molecule has 0 amide bonds. The Kier molecular flexibility index (Phi) is 2.98. The van der Waals surface area contributed by atoms with Crippen molar-refractivity contribution in [2.75, 3.05) is 0 Å². The molecule has 5 heteroatoms. The Morgan fingerprint density at radius 1 is 1.57 bits per heavy atom. The summed E-state index contributed by atoms with van der Waals surface area (Å²) in [5, 5.41) is 18.6. The van der Waals surface area contributed by atoms with Crippen LogP contribution in [0.4, 0.5) is 0 Å². The molecule has 0 saturated heterocycles. The number of hydrogen-bond acceptors (Lipinski definition) is 3. The van der Waals surface area contributed by atoms with Crippen LogP contribution < -0.4 is 5.73 Å². The van der Waals surface area contributed by atoms with E-state index in [1.807, 2.05) is 0 Å². The van der Waals surface area contributed by atoms with Crippen LogP contribution in [0.2, 0.25) is 5.02 Å². The minimum Gasteiger partial charge on any atom is -0.507 e. The molecule has 0 saturated carbocycles. The molecule has 0 spiro atoms. The number of halogens is 1. The van der Waals surface area contributed by atoms with E-state index in [4.69, 9.17) is 22.4 Å². The number of hydrogen-bond donors (Lipinski definition) is 3. The predicted molar refractivity (Wildman–Crippen MR) is 52.7 cm³/mol. The van der Waals surface area contributed by atoms with E-state index in [0.29, 0.717) is 0 Å². The van der Waals surface area contributed by atoms with Crippen LogP contribution in [0.1, 0.15) is 28.9 Å². The van der Waals surface area contributed by atoms with E-state index < -0.39 is 12.0 Å². The Balaban J connectivity index is 3.41. The number of aromatic hydroxyl groups is 1. The van der Waals surface area contributed by atoms with Crippen molar-refractivity contribution in [2.24, 2.45) is 5.73 Å². The summed E-state index contributed by atoms with van der Waals surface area (Å²) in [5.74, 6) is -1.57. The first-order valence-electron chi connectivity index (χ1n) is 3.95. The number of carboxylic acid groups (broad SMARTS) is 1. The van der Waals surface area contributed by atoms with E-state index in [-0.39, 0.29) is 21.9 Å². The molecule has 0 radical (unpaired) electrons. The second-order valence-electron chi connectivity index (χ2n) is 2.95. The van der Waals surface area contributed by atoms with Crippen molar-refractivity contribution in [3.8, 4) is 5.75 Å². The van der Waals surface area contributed by atoms with Gasteiger partial charge in [0.2, 0.25) is 0 Å². The minimum atomic E-state index is -1.21. The summed E-state index contributed by atoms with van der Waals surface area (Å²) in [4.78, 5) is 10.7. The molecule has 0 aromatic heterocycles. The molecule has 0 fully saturated rings. The standard InChI is InChI=1S/C9H10ClNO3/c1-4(11)7-6(10)3-2-5(8(7)12)9(13)14/h2-4,12H,11H2,1H3,(H,13,14). The number of benzene rings is 1. The van der Waals surface area contributed by atoms with E-state index >= 15 is 0 Å². The second-order valence-corrected chi connectivity index (χ2v) is 3.36. The monoisotopic (exact) mass is 215 g/mol. The van der Waals surface area contributed by atoms with Gasteiger partial charge in [0.15, 0.2) is 0 Å². The first-order chi connectivity index (χ1) is 6.45. The fourth-order valence-electron chi connectivity index (χ4n) is 1.19. The highest BCUT2D eigenvalue weighted by atomic mass is 35.5. The Bertz CT molecular complexity index is 377. The largest absolute Gasteiger partial charge is 0.507 e. The Labute approximate surface area is 85.9 Å². The lowest BCUT2D eigenvalue weighted by Gasteiger charge is -2.12. The van der Waals surface area contributed by atoms with Crippen LogP contribution in [0.25, 0.3) is 0 Å². The van der Waals surface area contributed by atoms with Crippen LogP contribution in [0.15, 0.2) is 12.1 Å². The van der Waals surface area contributed by atoms with Crippen LogP contribution in [0.3, 0.4) is 0 Å². The second kappa shape index (κ2) is 3.86. The summed E-state index contributed by atoms with van der Waals surface area (Å²) < 4.78 is 0. The van der Waals surface area contributed by atoms with Gasteiger partial charge >= 0.3 is 5.97 Å². The summed E-state index contributed by atoms with van der Waals surface area (Å²) in [6.45, 7) is 1.62. The van der Waals surface area contributed by atoms with Crippen LogP contribution in [-0.2, 0) is 0 Å². The molecule has 0 aliphatic rings. The van der Waals surface area contributed by atoms with Crippen LogP contribution in [0.5, 0.6) is 5.75 Å². The third kappa shape index (κ3) is 1.81. The molecule has 1 aromatic carbocycles. The molecule has 0 aliphatic carbocycles. The Hall–Kier alpha value is -1.26. The zero-order valence-electron chi connectivity index (χ0n) is 7.49. The van der Waals surface area contributed by atoms with Crippen LogP contribution in [0, 0.1) is 0 Å². The van der Waals surface area contributed by atoms with Crippen molar-refractivity contribution in [1.29, 1.82) is 0 Å². The van der Waals surface area contributed by atoms with Gasteiger partial charge in [-0.15, -0.1) is 0 Å². The lowest BCUT2D eigenvalue weighted by Crippen LogP contribution is -2.08. The molecule has 1 atom stereocenters. The van der Waals surface area contributed by atoms with Gasteiger partial charge in [0.1, 0.15) is 11.3 Å². The van der Waals surface area contributed by atoms with Gasteiger partial charge in [-0.3, -0.25) is 0 Å². The van der Waals surface area contributed by atoms with E-state index in [9.17, 15) is 9.90 Å². The highest BCUT2D eigenvalue weighted by Gasteiger charge is 2.18. The van der Waals surface area contributed by atoms with E-state index in [1.165, 1.54) is 12.1 Å². The molecular formula is C9H10ClNO3. The maximum atomic E-state index is 10.7. The van der Waals surface area contributed by atoms with Gasteiger partial charge < -0.3 is 15.9 Å². The summed E-state index contributed by atoms with van der Waals surface area (Å²) in [6.07, 6.45) is 0. The summed E-state index contributed by atoms with van der Waals surface area (Å²) in [5.41, 5.74) is 5.61. The van der Waals surface area contributed by atoms with Gasteiger partial charge in [0.25, 0.3) is 0 Å². The number of carbonyl (C=O) groups is 1. The van der Waals surface area contributed by atoms with Crippen molar-refractivity contribution in [2.45, 2.75) is 13.0 Å². The molecule has 0 aliphatic heterocycles. The van der Waals surface area contributed by atoms with Crippen LogP contribution in [-0.4, -0.2) is 16.2 Å². The Morgan fingerprint density at radius 3 is 2.57 bits per heavy atom. The molecule has 14 heavy (non-hydrogen) atoms. The van der Waals surface area contributed by atoms with Gasteiger partial charge in [-0.05, 0) is 19.1 Å². The average Bonchev–Trinajstić information content (AvgIpc) is 2.02. The van der Waals surface area contributed by atoms with Gasteiger partial charge in [-0.25, -0.2) is 4.79 Å². The molecule has 0 bridgehead atoms. The number of rotatable bonds is 2. The van der Waals surface area contributed by atoms with E-state index in [1.54, 1.807) is 6.92 Å². The molecule has 1 rings (SSSR count). The highest BCUT2D eigenvalue weighted by Crippen LogP contribution is 2.33. The lowest BCUT2D eigenvalue weighted by atomic mass is 10.0. The van der Waals surface area contributed by atoms with Crippen molar-refractivity contribution in [1.82, 2.24) is 0 Å². The molecule has 4 N–H and O–H groups in total. The molecule has 1 unspecified atom stereocenters. The van der Waals surface area contributed by atoms with E-state index in [2.05, 4.69) is 0 Å². The molecule has 76 valence electrons. The fraction of sp³-hybridized carbons (Fsp3) is 0.222. The third-order valence-electron chi connectivity index (χ3n) is 1.85. The van der Waals surface area contributed by atoms with Gasteiger partial charge in [-0.2, -0.15) is 0 Å². The SMILES string of the molecule is CC(N)c1c(Cl)ccc(C(=O)O)c1O. The van der Waals surface area contributed by atoms with Crippen molar-refractivity contribution in [3.05, 3.63) is 28.3 Å². The van der Waals surface area contributed by atoms with Gasteiger partial charge in [0.05, 0.1) is 0 Å². The van der Waals surface area contributed by atoms with Crippen molar-refractivity contribution >= 4 is 17.6 Å². The first-order valence-corrected chi connectivity index (χ1v) is 4.33. The Morgan fingerprint density at radius 2 is 2.14 bits per heavy atom. The number of carboxylic acids is 1. The number of aromatic carboxylic acids is 1. The summed E-state index contributed by atoms with van der Waals surface area (Å²) in [6, 6.07) is 2.14. The van der Waals surface area contributed by atoms with E-state index in [0.717, 1.165) is 0 Å². The maximum absolute atomic E-state index is 10.7. The van der Waals surface area contributed by atoms with Crippen molar-refractivity contribution in [3.63, 3.8) is 0 Å². The number of nitrogens with two attached hydrogens (primary N) is 1.